The number of fused-ring (bicyclic) bond motifs is 1. The van der Waals surface area contributed by atoms with E-state index >= 15 is 0 Å². The molecule has 0 spiro atoms. The van der Waals surface area contributed by atoms with E-state index in [1.807, 2.05) is 36.4 Å². The number of ether oxygens (including phenoxy) is 2. The number of nitrogens with zero attached hydrogens (tertiary/aromatic N) is 1. The fourth-order valence-corrected chi connectivity index (χ4v) is 5.03. The van der Waals surface area contributed by atoms with Crippen molar-refractivity contribution < 1.29 is 19.1 Å². The highest BCUT2D eigenvalue weighted by molar-refractivity contribution is 14.1. The van der Waals surface area contributed by atoms with Gasteiger partial charge in [0, 0.05) is 13.7 Å². The molecule has 1 N–H and O–H groups in total. The van der Waals surface area contributed by atoms with Crippen molar-refractivity contribution >= 4 is 73.7 Å². The molecule has 0 bridgehead atoms. The first-order chi connectivity index (χ1) is 16.0. The minimum absolute atomic E-state index is 0.246. The zero-order chi connectivity index (χ0) is 23.4. The van der Waals surface area contributed by atoms with Crippen LogP contribution in [0.5, 0.6) is 11.5 Å². The monoisotopic (exact) mass is 590 g/mol. The van der Waals surface area contributed by atoms with Gasteiger partial charge in [0.15, 0.2) is 11.5 Å². The largest absolute Gasteiger partial charge is 0.493 e. The maximum atomic E-state index is 12.7. The molecule has 1 heterocycles. The van der Waals surface area contributed by atoms with Crippen LogP contribution in [0, 0.1) is 3.57 Å². The summed E-state index contributed by atoms with van der Waals surface area (Å²) in [5.74, 6) is -0.288. The van der Waals surface area contributed by atoms with Gasteiger partial charge in [-0.1, -0.05) is 41.9 Å². The highest BCUT2D eigenvalue weighted by Crippen LogP contribution is 2.37. The van der Waals surface area contributed by atoms with E-state index in [1.54, 1.807) is 30.3 Å². The molecule has 0 atom stereocenters. The number of amides is 1. The molecule has 166 valence electrons. The predicted octanol–water partition coefficient (Wildman–Crippen LogP) is 6.15. The third-order valence-electron chi connectivity index (χ3n) is 4.61. The average Bonchev–Trinajstić information content (AvgIpc) is 3.17. The Morgan fingerprint density at radius 3 is 2.58 bits per heavy atom. The highest BCUT2D eigenvalue weighted by atomic mass is 127. The minimum atomic E-state index is -0.564. The van der Waals surface area contributed by atoms with Crippen molar-refractivity contribution in [1.82, 2.24) is 5.43 Å². The second kappa shape index (κ2) is 10.3. The fourth-order valence-electron chi connectivity index (χ4n) is 3.01. The van der Waals surface area contributed by atoms with E-state index in [-0.39, 0.29) is 11.7 Å². The number of carbonyl (C=O) groups is 2. The van der Waals surface area contributed by atoms with Gasteiger partial charge in [-0.05, 0) is 64.6 Å². The summed E-state index contributed by atoms with van der Waals surface area (Å²) in [6.07, 6.45) is 1.48. The van der Waals surface area contributed by atoms with Crippen LogP contribution in [-0.4, -0.2) is 25.2 Å². The summed E-state index contributed by atoms with van der Waals surface area (Å²) in [6, 6.07) is 19.7. The van der Waals surface area contributed by atoms with Crippen LogP contribution in [0.4, 0.5) is 0 Å². The summed E-state index contributed by atoms with van der Waals surface area (Å²) in [7, 11) is 1.47. The zero-order valence-electron chi connectivity index (χ0n) is 17.2. The molecular weight excluding hydrogens is 575 g/mol. The molecule has 0 unspecified atom stereocenters. The number of thiophene rings is 1. The van der Waals surface area contributed by atoms with Gasteiger partial charge in [0.25, 0.3) is 5.91 Å². The lowest BCUT2D eigenvalue weighted by atomic mass is 10.2. The van der Waals surface area contributed by atoms with Crippen LogP contribution in [0.15, 0.2) is 71.8 Å². The molecule has 33 heavy (non-hydrogen) atoms. The molecule has 0 saturated carbocycles. The van der Waals surface area contributed by atoms with E-state index < -0.39 is 5.97 Å². The Morgan fingerprint density at radius 2 is 1.82 bits per heavy atom. The van der Waals surface area contributed by atoms with E-state index in [9.17, 15) is 9.59 Å². The Kier molecular flexibility index (Phi) is 7.26. The van der Waals surface area contributed by atoms with E-state index in [0.29, 0.717) is 26.8 Å². The number of hydrogen-bond acceptors (Lipinski definition) is 6. The third kappa shape index (κ3) is 5.18. The van der Waals surface area contributed by atoms with Crippen LogP contribution in [0.1, 0.15) is 25.6 Å². The molecule has 4 aromatic rings. The lowest BCUT2D eigenvalue weighted by Crippen LogP contribution is -2.18. The lowest BCUT2D eigenvalue weighted by molar-refractivity contribution is 0.0734. The van der Waals surface area contributed by atoms with Crippen molar-refractivity contribution in [1.29, 1.82) is 0 Å². The van der Waals surface area contributed by atoms with Crippen molar-refractivity contribution in [3.63, 3.8) is 0 Å². The topological polar surface area (TPSA) is 77.0 Å². The summed E-state index contributed by atoms with van der Waals surface area (Å²) >= 11 is 9.74. The molecular formula is C24H16ClIN2O4S. The molecule has 3 aromatic carbocycles. The number of halogens is 2. The summed E-state index contributed by atoms with van der Waals surface area (Å²) in [4.78, 5) is 25.3. The van der Waals surface area contributed by atoms with Crippen molar-refractivity contribution in [2.45, 2.75) is 0 Å². The van der Waals surface area contributed by atoms with Gasteiger partial charge in [-0.25, -0.2) is 10.2 Å². The zero-order valence-corrected chi connectivity index (χ0v) is 20.9. The summed E-state index contributed by atoms with van der Waals surface area (Å²) in [5.41, 5.74) is 3.68. The standard InChI is InChI=1S/C24H16ClIN2O4S/c1-31-19-12-14(13-27-28-23(29)15-6-2-4-8-17(15)26)10-11-18(19)32-24(30)22-21(25)16-7-3-5-9-20(16)33-22/h2-13H,1H3,(H,28,29)/b27-13-. The molecule has 0 aliphatic carbocycles. The van der Waals surface area contributed by atoms with Gasteiger partial charge in [-0.2, -0.15) is 5.10 Å². The number of carbonyl (C=O) groups excluding carboxylic acids is 2. The molecule has 0 aliphatic heterocycles. The van der Waals surface area contributed by atoms with Crippen LogP contribution in [0.2, 0.25) is 5.02 Å². The Labute approximate surface area is 212 Å². The highest BCUT2D eigenvalue weighted by Gasteiger charge is 2.20. The summed E-state index contributed by atoms with van der Waals surface area (Å²) in [6.45, 7) is 0. The van der Waals surface area contributed by atoms with Gasteiger partial charge in [0.2, 0.25) is 0 Å². The van der Waals surface area contributed by atoms with Crippen molar-refractivity contribution in [3.8, 4) is 11.5 Å². The predicted molar refractivity (Wildman–Crippen MR) is 139 cm³/mol. The first-order valence-electron chi connectivity index (χ1n) is 9.63. The van der Waals surface area contributed by atoms with Gasteiger partial charge < -0.3 is 9.47 Å². The number of benzene rings is 3. The van der Waals surface area contributed by atoms with Crippen molar-refractivity contribution in [2.24, 2.45) is 5.10 Å². The number of methoxy groups -OCH3 is 1. The lowest BCUT2D eigenvalue weighted by Gasteiger charge is -2.09. The number of hydrazone groups is 1. The van der Waals surface area contributed by atoms with Gasteiger partial charge in [0.1, 0.15) is 4.88 Å². The minimum Gasteiger partial charge on any atom is -0.493 e. The molecule has 0 saturated heterocycles. The van der Waals surface area contributed by atoms with Gasteiger partial charge in [0.05, 0.1) is 23.9 Å². The molecule has 6 nitrogen and oxygen atoms in total. The van der Waals surface area contributed by atoms with E-state index in [2.05, 4.69) is 33.1 Å². The Bertz CT molecular complexity index is 1390. The Morgan fingerprint density at radius 1 is 1.06 bits per heavy atom. The Balaban J connectivity index is 1.48. The molecule has 1 amide bonds. The molecule has 0 radical (unpaired) electrons. The van der Waals surface area contributed by atoms with Gasteiger partial charge in [-0.15, -0.1) is 11.3 Å². The van der Waals surface area contributed by atoms with E-state index in [0.717, 1.165) is 13.7 Å². The smallest absolute Gasteiger partial charge is 0.355 e. The number of rotatable bonds is 6. The third-order valence-corrected chi connectivity index (χ3v) is 7.20. The molecule has 4 rings (SSSR count). The normalized spacial score (nSPS) is 11.0. The van der Waals surface area contributed by atoms with E-state index in [4.69, 9.17) is 21.1 Å². The molecule has 0 fully saturated rings. The summed E-state index contributed by atoms with van der Waals surface area (Å²) < 4.78 is 12.6. The van der Waals surface area contributed by atoms with Crippen LogP contribution >= 0.6 is 45.5 Å². The summed E-state index contributed by atoms with van der Waals surface area (Å²) in [5, 5.41) is 5.18. The van der Waals surface area contributed by atoms with Crippen LogP contribution in [0.25, 0.3) is 10.1 Å². The first-order valence-corrected chi connectivity index (χ1v) is 11.9. The van der Waals surface area contributed by atoms with Crippen LogP contribution in [-0.2, 0) is 0 Å². The fraction of sp³-hybridized carbons (Fsp3) is 0.0417. The number of esters is 1. The quantitative estimate of drug-likeness (QED) is 0.0961. The maximum Gasteiger partial charge on any atom is 0.355 e. The molecule has 9 heteroatoms. The number of hydrogen-bond donors (Lipinski definition) is 1. The molecule has 1 aromatic heterocycles. The van der Waals surface area contributed by atoms with Crippen molar-refractivity contribution in [2.75, 3.05) is 7.11 Å². The Hall–Kier alpha value is -2.95. The average molecular weight is 591 g/mol. The second-order valence-corrected chi connectivity index (χ2v) is 9.31. The van der Waals surface area contributed by atoms with Crippen molar-refractivity contribution in [3.05, 3.63) is 91.3 Å². The van der Waals surface area contributed by atoms with Gasteiger partial charge in [-0.3, -0.25) is 4.79 Å². The van der Waals surface area contributed by atoms with E-state index in [1.165, 1.54) is 24.7 Å². The maximum absolute atomic E-state index is 12.7. The number of nitrogens with one attached hydrogen (secondary N) is 1. The first kappa shape index (κ1) is 23.2. The van der Waals surface area contributed by atoms with Crippen LogP contribution in [0.3, 0.4) is 0 Å². The SMILES string of the molecule is COc1cc(/C=N\NC(=O)c2ccccc2I)ccc1OC(=O)c1sc2ccccc2c1Cl. The second-order valence-electron chi connectivity index (χ2n) is 6.72. The molecule has 0 aliphatic rings. The van der Waals surface area contributed by atoms with Crippen LogP contribution < -0.4 is 14.9 Å². The van der Waals surface area contributed by atoms with Gasteiger partial charge >= 0.3 is 5.97 Å².